The van der Waals surface area contributed by atoms with Crippen molar-refractivity contribution in [2.75, 3.05) is 19.7 Å². The standard InChI is InChI=1S/C16H20N4O/c1-12-3-4-14(9-18-12)10-20-7-8-21-16(11-20)15-5-6-17-13(2)19-15/h3-6,9,16H,7-8,10-11H2,1-2H3. The van der Waals surface area contributed by atoms with Crippen LogP contribution in [0.4, 0.5) is 0 Å². The van der Waals surface area contributed by atoms with E-state index in [2.05, 4.69) is 32.0 Å². The molecule has 110 valence electrons. The van der Waals surface area contributed by atoms with E-state index in [1.165, 1.54) is 5.56 Å². The number of morpholine rings is 1. The molecule has 0 saturated carbocycles. The van der Waals surface area contributed by atoms with E-state index < -0.39 is 0 Å². The summed E-state index contributed by atoms with van der Waals surface area (Å²) < 4.78 is 5.86. The smallest absolute Gasteiger partial charge is 0.125 e. The summed E-state index contributed by atoms with van der Waals surface area (Å²) in [7, 11) is 0. The number of aryl methyl sites for hydroxylation is 2. The van der Waals surface area contributed by atoms with Crippen molar-refractivity contribution in [3.05, 3.63) is 53.4 Å². The van der Waals surface area contributed by atoms with Gasteiger partial charge in [0.2, 0.25) is 0 Å². The topological polar surface area (TPSA) is 51.1 Å². The zero-order valence-electron chi connectivity index (χ0n) is 12.5. The molecule has 3 heterocycles. The Morgan fingerprint density at radius 1 is 1.24 bits per heavy atom. The quantitative estimate of drug-likeness (QED) is 0.863. The van der Waals surface area contributed by atoms with Gasteiger partial charge in [0.15, 0.2) is 0 Å². The van der Waals surface area contributed by atoms with Gasteiger partial charge in [0, 0.05) is 37.7 Å². The second-order valence-corrected chi connectivity index (χ2v) is 5.43. The van der Waals surface area contributed by atoms with E-state index >= 15 is 0 Å². The Hall–Kier alpha value is -1.85. The third kappa shape index (κ3) is 3.62. The molecule has 5 nitrogen and oxygen atoms in total. The summed E-state index contributed by atoms with van der Waals surface area (Å²) >= 11 is 0. The summed E-state index contributed by atoms with van der Waals surface area (Å²) in [5.41, 5.74) is 3.25. The van der Waals surface area contributed by atoms with Crippen LogP contribution in [0.15, 0.2) is 30.6 Å². The van der Waals surface area contributed by atoms with Crippen molar-refractivity contribution in [3.63, 3.8) is 0 Å². The molecule has 0 amide bonds. The van der Waals surface area contributed by atoms with Crippen LogP contribution in [0.5, 0.6) is 0 Å². The maximum atomic E-state index is 5.86. The van der Waals surface area contributed by atoms with Crippen LogP contribution >= 0.6 is 0 Å². The number of nitrogens with zero attached hydrogens (tertiary/aromatic N) is 4. The third-order valence-electron chi connectivity index (χ3n) is 3.66. The molecule has 5 heteroatoms. The number of hydrogen-bond donors (Lipinski definition) is 0. The van der Waals surface area contributed by atoms with Gasteiger partial charge in [0.25, 0.3) is 0 Å². The maximum absolute atomic E-state index is 5.86. The first kappa shape index (κ1) is 14.1. The Morgan fingerprint density at radius 3 is 2.90 bits per heavy atom. The van der Waals surface area contributed by atoms with Crippen LogP contribution in [-0.4, -0.2) is 39.5 Å². The Labute approximate surface area is 125 Å². The minimum Gasteiger partial charge on any atom is -0.369 e. The Morgan fingerprint density at radius 2 is 2.14 bits per heavy atom. The van der Waals surface area contributed by atoms with Gasteiger partial charge in [-0.25, -0.2) is 9.97 Å². The first-order valence-electron chi connectivity index (χ1n) is 7.26. The molecule has 1 saturated heterocycles. The second kappa shape index (κ2) is 6.28. The van der Waals surface area contributed by atoms with Crippen molar-refractivity contribution in [2.24, 2.45) is 0 Å². The lowest BCUT2D eigenvalue weighted by atomic mass is 10.1. The molecule has 0 aromatic carbocycles. The predicted octanol–water partition coefficient (Wildman–Crippen LogP) is 2.06. The number of rotatable bonds is 3. The van der Waals surface area contributed by atoms with Gasteiger partial charge < -0.3 is 4.74 Å². The molecule has 1 atom stereocenters. The zero-order valence-corrected chi connectivity index (χ0v) is 12.5. The van der Waals surface area contributed by atoms with E-state index in [9.17, 15) is 0 Å². The highest BCUT2D eigenvalue weighted by molar-refractivity contribution is 5.13. The molecule has 0 spiro atoms. The van der Waals surface area contributed by atoms with E-state index in [1.54, 1.807) is 6.20 Å². The minimum atomic E-state index is 0.0267. The number of aromatic nitrogens is 3. The first-order valence-corrected chi connectivity index (χ1v) is 7.26. The third-order valence-corrected chi connectivity index (χ3v) is 3.66. The van der Waals surface area contributed by atoms with Gasteiger partial charge in [-0.05, 0) is 31.5 Å². The number of hydrogen-bond acceptors (Lipinski definition) is 5. The lowest BCUT2D eigenvalue weighted by molar-refractivity contribution is -0.0351. The van der Waals surface area contributed by atoms with E-state index in [4.69, 9.17) is 4.74 Å². The molecule has 1 aliphatic rings. The molecule has 2 aromatic rings. The molecule has 2 aromatic heterocycles. The van der Waals surface area contributed by atoms with Crippen molar-refractivity contribution in [3.8, 4) is 0 Å². The molecule has 0 radical (unpaired) electrons. The fourth-order valence-corrected chi connectivity index (χ4v) is 2.53. The fourth-order valence-electron chi connectivity index (χ4n) is 2.53. The van der Waals surface area contributed by atoms with Crippen molar-refractivity contribution in [1.29, 1.82) is 0 Å². The monoisotopic (exact) mass is 284 g/mol. The summed E-state index contributed by atoms with van der Waals surface area (Å²) in [5, 5.41) is 0. The van der Waals surface area contributed by atoms with E-state index in [0.717, 1.165) is 43.5 Å². The van der Waals surface area contributed by atoms with Crippen LogP contribution in [0.1, 0.15) is 28.9 Å². The average molecular weight is 284 g/mol. The lowest BCUT2D eigenvalue weighted by Gasteiger charge is -2.32. The minimum absolute atomic E-state index is 0.0267. The summed E-state index contributed by atoms with van der Waals surface area (Å²) in [5.74, 6) is 0.788. The van der Waals surface area contributed by atoms with Crippen molar-refractivity contribution >= 4 is 0 Å². The molecule has 1 unspecified atom stereocenters. The summed E-state index contributed by atoms with van der Waals surface area (Å²) in [6, 6.07) is 6.14. The molecule has 1 fully saturated rings. The van der Waals surface area contributed by atoms with Crippen LogP contribution in [0, 0.1) is 13.8 Å². The van der Waals surface area contributed by atoms with Crippen LogP contribution in [0.3, 0.4) is 0 Å². The van der Waals surface area contributed by atoms with Crippen LogP contribution in [-0.2, 0) is 11.3 Å². The van der Waals surface area contributed by atoms with Crippen LogP contribution < -0.4 is 0 Å². The predicted molar refractivity (Wildman–Crippen MR) is 79.7 cm³/mol. The van der Waals surface area contributed by atoms with Crippen molar-refractivity contribution < 1.29 is 4.74 Å². The molecule has 0 aliphatic carbocycles. The normalized spacial score (nSPS) is 19.6. The average Bonchev–Trinajstić information content (AvgIpc) is 2.50. The number of ether oxygens (including phenoxy) is 1. The van der Waals surface area contributed by atoms with Crippen LogP contribution in [0.25, 0.3) is 0 Å². The molecule has 1 aliphatic heterocycles. The summed E-state index contributed by atoms with van der Waals surface area (Å²) in [4.78, 5) is 15.4. The van der Waals surface area contributed by atoms with E-state index in [1.807, 2.05) is 26.1 Å². The van der Waals surface area contributed by atoms with Crippen molar-refractivity contribution in [2.45, 2.75) is 26.5 Å². The van der Waals surface area contributed by atoms with Gasteiger partial charge in [-0.2, -0.15) is 0 Å². The Kier molecular flexibility index (Phi) is 4.22. The van der Waals surface area contributed by atoms with Gasteiger partial charge in [-0.1, -0.05) is 6.07 Å². The fraction of sp³-hybridized carbons (Fsp3) is 0.438. The van der Waals surface area contributed by atoms with Crippen LogP contribution in [0.2, 0.25) is 0 Å². The Balaban J connectivity index is 1.67. The SMILES string of the molecule is Cc1ccc(CN2CCOC(c3ccnc(C)n3)C2)cn1. The maximum Gasteiger partial charge on any atom is 0.125 e. The van der Waals surface area contributed by atoms with Gasteiger partial charge in [-0.3, -0.25) is 9.88 Å². The second-order valence-electron chi connectivity index (χ2n) is 5.43. The number of pyridine rings is 1. The highest BCUT2D eigenvalue weighted by Gasteiger charge is 2.23. The van der Waals surface area contributed by atoms with E-state index in [-0.39, 0.29) is 6.10 Å². The molecule has 0 bridgehead atoms. The summed E-state index contributed by atoms with van der Waals surface area (Å²) in [6.07, 6.45) is 3.78. The highest BCUT2D eigenvalue weighted by atomic mass is 16.5. The molecule has 3 rings (SSSR count). The molecule has 0 N–H and O–H groups in total. The molecular formula is C16H20N4O. The molecular weight excluding hydrogens is 264 g/mol. The highest BCUT2D eigenvalue weighted by Crippen LogP contribution is 2.21. The zero-order chi connectivity index (χ0) is 14.7. The van der Waals surface area contributed by atoms with Gasteiger partial charge >= 0.3 is 0 Å². The van der Waals surface area contributed by atoms with Gasteiger partial charge in [-0.15, -0.1) is 0 Å². The van der Waals surface area contributed by atoms with Gasteiger partial charge in [0.05, 0.1) is 12.3 Å². The van der Waals surface area contributed by atoms with Gasteiger partial charge in [0.1, 0.15) is 11.9 Å². The molecule has 21 heavy (non-hydrogen) atoms. The van der Waals surface area contributed by atoms with Crippen molar-refractivity contribution in [1.82, 2.24) is 19.9 Å². The first-order chi connectivity index (χ1) is 10.2. The Bertz CT molecular complexity index is 599. The lowest BCUT2D eigenvalue weighted by Crippen LogP contribution is -2.38. The summed E-state index contributed by atoms with van der Waals surface area (Å²) in [6.45, 7) is 7.33. The van der Waals surface area contributed by atoms with E-state index in [0.29, 0.717) is 0 Å². The largest absolute Gasteiger partial charge is 0.369 e.